The lowest BCUT2D eigenvalue weighted by Gasteiger charge is -2.13. The van der Waals surface area contributed by atoms with Gasteiger partial charge in [0.25, 0.3) is 0 Å². The van der Waals surface area contributed by atoms with Crippen LogP contribution < -0.4 is 14.8 Å². The second kappa shape index (κ2) is 5.58. The average molecular weight is 228 g/mol. The number of benzene rings is 1. The van der Waals surface area contributed by atoms with Gasteiger partial charge in [-0.15, -0.1) is 0 Å². The summed E-state index contributed by atoms with van der Waals surface area (Å²) in [5.41, 5.74) is 0.657. The highest BCUT2D eigenvalue weighted by atomic mass is 16.5. The van der Waals surface area contributed by atoms with Crippen molar-refractivity contribution in [1.82, 2.24) is 0 Å². The van der Waals surface area contributed by atoms with Crippen LogP contribution >= 0.6 is 0 Å². The quantitative estimate of drug-likeness (QED) is 0.643. The Kier molecular flexibility index (Phi) is 4.39. The van der Waals surface area contributed by atoms with Gasteiger partial charge in [0.1, 0.15) is 12.6 Å². The number of rotatable bonds is 5. The maximum absolute atomic E-state index is 9.83. The predicted molar refractivity (Wildman–Crippen MR) is 58.9 cm³/mol. The number of hydrogen-bond acceptors (Lipinski definition) is 4. The molecule has 0 saturated heterocycles. The van der Waals surface area contributed by atoms with E-state index in [2.05, 4.69) is 0 Å². The SMILES string of the molecule is C[NH2+]C[C@H](O)c1cc(OC)c(O)c(OC)c1. The van der Waals surface area contributed by atoms with Crippen molar-refractivity contribution in [2.45, 2.75) is 6.10 Å². The van der Waals surface area contributed by atoms with Crippen molar-refractivity contribution in [2.24, 2.45) is 0 Å². The Morgan fingerprint density at radius 1 is 1.25 bits per heavy atom. The van der Waals surface area contributed by atoms with E-state index < -0.39 is 6.10 Å². The first-order chi connectivity index (χ1) is 7.63. The smallest absolute Gasteiger partial charge is 0.200 e. The van der Waals surface area contributed by atoms with Gasteiger partial charge in [-0.25, -0.2) is 0 Å². The molecular weight excluding hydrogens is 210 g/mol. The van der Waals surface area contributed by atoms with Crippen LogP contribution in [0.25, 0.3) is 0 Å². The normalized spacial score (nSPS) is 12.2. The van der Waals surface area contributed by atoms with Crippen LogP contribution in [-0.2, 0) is 0 Å². The lowest BCUT2D eigenvalue weighted by atomic mass is 10.1. The molecule has 0 aromatic heterocycles. The molecule has 5 heteroatoms. The van der Waals surface area contributed by atoms with E-state index in [-0.39, 0.29) is 5.75 Å². The highest BCUT2D eigenvalue weighted by Crippen LogP contribution is 2.38. The van der Waals surface area contributed by atoms with Gasteiger partial charge in [0.15, 0.2) is 11.5 Å². The summed E-state index contributed by atoms with van der Waals surface area (Å²) in [4.78, 5) is 0. The zero-order chi connectivity index (χ0) is 12.1. The van der Waals surface area contributed by atoms with Crippen molar-refractivity contribution in [2.75, 3.05) is 27.8 Å². The lowest BCUT2D eigenvalue weighted by molar-refractivity contribution is -0.634. The van der Waals surface area contributed by atoms with Crippen LogP contribution in [-0.4, -0.2) is 38.0 Å². The Labute approximate surface area is 94.6 Å². The summed E-state index contributed by atoms with van der Waals surface area (Å²) in [6.07, 6.45) is -0.617. The second-order valence-corrected chi connectivity index (χ2v) is 3.43. The van der Waals surface area contributed by atoms with Gasteiger partial charge >= 0.3 is 0 Å². The minimum Gasteiger partial charge on any atom is -0.502 e. The summed E-state index contributed by atoms with van der Waals surface area (Å²) >= 11 is 0. The van der Waals surface area contributed by atoms with Gasteiger partial charge in [-0.2, -0.15) is 0 Å². The van der Waals surface area contributed by atoms with Crippen LogP contribution in [0, 0.1) is 0 Å². The van der Waals surface area contributed by atoms with Crippen molar-refractivity contribution in [3.05, 3.63) is 17.7 Å². The molecule has 0 spiro atoms. The summed E-state index contributed by atoms with van der Waals surface area (Å²) in [6, 6.07) is 3.21. The molecule has 90 valence electrons. The van der Waals surface area contributed by atoms with E-state index in [0.29, 0.717) is 23.6 Å². The zero-order valence-corrected chi connectivity index (χ0v) is 9.73. The van der Waals surface area contributed by atoms with Gasteiger partial charge in [-0.3, -0.25) is 0 Å². The summed E-state index contributed by atoms with van der Waals surface area (Å²) in [5.74, 6) is 0.537. The lowest BCUT2D eigenvalue weighted by Crippen LogP contribution is -2.80. The topological polar surface area (TPSA) is 75.5 Å². The molecule has 5 nitrogen and oxygen atoms in total. The summed E-state index contributed by atoms with van der Waals surface area (Å²) < 4.78 is 10.0. The van der Waals surface area contributed by atoms with E-state index in [4.69, 9.17) is 9.47 Å². The highest BCUT2D eigenvalue weighted by Gasteiger charge is 2.16. The van der Waals surface area contributed by atoms with Crippen LogP contribution in [0.1, 0.15) is 11.7 Å². The van der Waals surface area contributed by atoms with E-state index in [1.807, 2.05) is 12.4 Å². The molecule has 1 rings (SSSR count). The molecule has 4 N–H and O–H groups in total. The molecule has 0 aliphatic carbocycles. The monoisotopic (exact) mass is 228 g/mol. The molecular formula is C11H18NO4+. The standard InChI is InChI=1S/C11H17NO4/c1-12-6-8(13)7-4-9(15-2)11(14)10(5-7)16-3/h4-5,8,12-14H,6H2,1-3H3/p+1/t8-/m0/s1. The number of aliphatic hydroxyl groups is 1. The van der Waals surface area contributed by atoms with Gasteiger partial charge in [0.2, 0.25) is 5.75 Å². The molecule has 1 aromatic rings. The molecule has 0 aliphatic rings. The Balaban J connectivity index is 3.11. The first kappa shape index (κ1) is 12.6. The first-order valence-corrected chi connectivity index (χ1v) is 5.04. The molecule has 0 fully saturated rings. The third-order valence-electron chi connectivity index (χ3n) is 2.35. The molecule has 1 aromatic carbocycles. The first-order valence-electron chi connectivity index (χ1n) is 5.04. The Morgan fingerprint density at radius 3 is 2.12 bits per heavy atom. The number of hydrogen-bond donors (Lipinski definition) is 3. The van der Waals surface area contributed by atoms with Crippen molar-refractivity contribution in [3.8, 4) is 17.2 Å². The Morgan fingerprint density at radius 2 is 1.75 bits per heavy atom. The zero-order valence-electron chi connectivity index (χ0n) is 9.73. The van der Waals surface area contributed by atoms with E-state index >= 15 is 0 Å². The molecule has 0 unspecified atom stereocenters. The number of phenolic OH excluding ortho intramolecular Hbond substituents is 1. The van der Waals surface area contributed by atoms with Crippen molar-refractivity contribution >= 4 is 0 Å². The fourth-order valence-electron chi connectivity index (χ4n) is 1.47. The molecule has 1 atom stereocenters. The largest absolute Gasteiger partial charge is 0.502 e. The summed E-state index contributed by atoms with van der Waals surface area (Å²) in [6.45, 7) is 0.539. The molecule has 16 heavy (non-hydrogen) atoms. The van der Waals surface area contributed by atoms with Gasteiger partial charge in [0, 0.05) is 0 Å². The molecule has 0 saturated carbocycles. The van der Waals surface area contributed by atoms with Crippen molar-refractivity contribution in [1.29, 1.82) is 0 Å². The maximum Gasteiger partial charge on any atom is 0.200 e. The number of methoxy groups -OCH3 is 2. The molecule has 0 bridgehead atoms. The van der Waals surface area contributed by atoms with E-state index in [0.717, 1.165) is 0 Å². The number of aromatic hydroxyl groups is 1. The van der Waals surface area contributed by atoms with Crippen LogP contribution in [0.5, 0.6) is 17.2 Å². The predicted octanol–water partition coefficient (Wildman–Crippen LogP) is -0.364. The van der Waals surface area contributed by atoms with Gasteiger partial charge in [-0.1, -0.05) is 0 Å². The van der Waals surface area contributed by atoms with Crippen LogP contribution in [0.4, 0.5) is 0 Å². The van der Waals surface area contributed by atoms with Crippen LogP contribution in [0.3, 0.4) is 0 Å². The Bertz CT molecular complexity index is 329. The van der Waals surface area contributed by atoms with Crippen molar-refractivity contribution in [3.63, 3.8) is 0 Å². The van der Waals surface area contributed by atoms with E-state index in [1.165, 1.54) is 14.2 Å². The molecule has 0 radical (unpaired) electrons. The number of aliphatic hydroxyl groups excluding tert-OH is 1. The van der Waals surface area contributed by atoms with Crippen LogP contribution in [0.2, 0.25) is 0 Å². The minimum absolute atomic E-state index is 0.0542. The minimum atomic E-state index is -0.617. The number of quaternary nitrogens is 1. The highest BCUT2D eigenvalue weighted by molar-refractivity contribution is 5.53. The van der Waals surface area contributed by atoms with E-state index in [9.17, 15) is 10.2 Å². The number of ether oxygens (including phenoxy) is 2. The van der Waals surface area contributed by atoms with Gasteiger partial charge < -0.3 is 25.0 Å². The fraction of sp³-hybridized carbons (Fsp3) is 0.455. The second-order valence-electron chi connectivity index (χ2n) is 3.43. The van der Waals surface area contributed by atoms with E-state index in [1.54, 1.807) is 12.1 Å². The number of nitrogens with two attached hydrogens (primary N) is 1. The summed E-state index contributed by atoms with van der Waals surface area (Å²) in [5, 5.41) is 21.4. The van der Waals surface area contributed by atoms with Gasteiger partial charge in [-0.05, 0) is 17.7 Å². The summed E-state index contributed by atoms with van der Waals surface area (Å²) in [7, 11) is 4.78. The third kappa shape index (κ3) is 2.56. The third-order valence-corrected chi connectivity index (χ3v) is 2.35. The number of likely N-dealkylation sites (N-methyl/N-ethyl adjacent to an activating group) is 1. The fourth-order valence-corrected chi connectivity index (χ4v) is 1.47. The molecule has 0 heterocycles. The van der Waals surface area contributed by atoms with Crippen LogP contribution in [0.15, 0.2) is 12.1 Å². The Hall–Kier alpha value is -1.46. The molecule has 0 amide bonds. The van der Waals surface area contributed by atoms with Gasteiger partial charge in [0.05, 0.1) is 21.3 Å². The molecule has 0 aliphatic heterocycles. The maximum atomic E-state index is 9.83. The van der Waals surface area contributed by atoms with Crippen molar-refractivity contribution < 1.29 is 25.0 Å². The average Bonchev–Trinajstić information content (AvgIpc) is 2.29. The number of phenols is 1.